The van der Waals surface area contributed by atoms with Crippen molar-refractivity contribution in [2.45, 2.75) is 25.3 Å². The number of piperazine rings is 1. The van der Waals surface area contributed by atoms with Crippen LogP contribution in [0.4, 0.5) is 10.5 Å². The van der Waals surface area contributed by atoms with E-state index >= 15 is 0 Å². The lowest BCUT2D eigenvalue weighted by molar-refractivity contribution is 0.0678. The molecule has 0 bridgehead atoms. The molecule has 6 heteroatoms. The number of carbonyl (C=O) groups is 1. The molecule has 0 saturated carbocycles. The summed E-state index contributed by atoms with van der Waals surface area (Å²) in [7, 11) is 0. The van der Waals surface area contributed by atoms with E-state index < -0.39 is 0 Å². The van der Waals surface area contributed by atoms with E-state index in [0.29, 0.717) is 25.0 Å². The molecular weight excluding hydrogens is 294 g/mol. The first-order chi connectivity index (χ1) is 11.3. The fraction of sp³-hybridized carbons (Fsp3) is 0.588. The average molecular weight is 317 g/mol. The van der Waals surface area contributed by atoms with Crippen molar-refractivity contribution in [1.29, 1.82) is 0 Å². The standard InChI is InChI=1S/C17H23N3O3/c21-17(20-8-7-19-6-2-1-3-14(19)12-20)18-13-4-5-15-16(11-13)23-10-9-22-15/h4-5,11,14H,1-3,6-10,12H2,(H,18,21)/t14-/m0/s1. The number of ether oxygens (including phenoxy) is 2. The lowest BCUT2D eigenvalue weighted by Gasteiger charge is -2.43. The van der Waals surface area contributed by atoms with Crippen LogP contribution >= 0.6 is 0 Å². The van der Waals surface area contributed by atoms with E-state index in [1.165, 1.54) is 25.8 Å². The Kier molecular flexibility index (Phi) is 3.99. The van der Waals surface area contributed by atoms with Crippen LogP contribution in [0.15, 0.2) is 18.2 Å². The van der Waals surface area contributed by atoms with Crippen LogP contribution < -0.4 is 14.8 Å². The number of anilines is 1. The number of carbonyl (C=O) groups excluding carboxylic acids is 1. The van der Waals surface area contributed by atoms with E-state index in [1.54, 1.807) is 0 Å². The monoisotopic (exact) mass is 317 g/mol. The highest BCUT2D eigenvalue weighted by atomic mass is 16.6. The molecule has 124 valence electrons. The third-order valence-corrected chi connectivity index (χ3v) is 4.92. The van der Waals surface area contributed by atoms with Gasteiger partial charge in [-0.15, -0.1) is 0 Å². The fourth-order valence-corrected chi connectivity index (χ4v) is 3.66. The fourth-order valence-electron chi connectivity index (χ4n) is 3.66. The summed E-state index contributed by atoms with van der Waals surface area (Å²) in [6.45, 7) is 4.92. The Balaban J connectivity index is 1.39. The quantitative estimate of drug-likeness (QED) is 0.862. The maximum absolute atomic E-state index is 12.5. The Hall–Kier alpha value is -1.95. The first-order valence-corrected chi connectivity index (χ1v) is 8.49. The van der Waals surface area contributed by atoms with Crippen molar-refractivity contribution < 1.29 is 14.3 Å². The van der Waals surface area contributed by atoms with E-state index in [1.807, 2.05) is 23.1 Å². The third kappa shape index (κ3) is 3.08. The number of rotatable bonds is 1. The molecule has 3 heterocycles. The molecule has 0 radical (unpaired) electrons. The smallest absolute Gasteiger partial charge is 0.321 e. The van der Waals surface area contributed by atoms with Crippen molar-refractivity contribution in [3.63, 3.8) is 0 Å². The molecule has 1 aromatic rings. The average Bonchev–Trinajstić information content (AvgIpc) is 2.61. The van der Waals surface area contributed by atoms with Gasteiger partial charge in [0.25, 0.3) is 0 Å². The zero-order valence-corrected chi connectivity index (χ0v) is 13.3. The first-order valence-electron chi connectivity index (χ1n) is 8.49. The maximum Gasteiger partial charge on any atom is 0.321 e. The number of nitrogens with one attached hydrogen (secondary N) is 1. The molecule has 23 heavy (non-hydrogen) atoms. The largest absolute Gasteiger partial charge is 0.486 e. The van der Waals surface area contributed by atoms with Crippen LogP contribution in [0.1, 0.15) is 19.3 Å². The van der Waals surface area contributed by atoms with Gasteiger partial charge in [0.2, 0.25) is 0 Å². The highest BCUT2D eigenvalue weighted by molar-refractivity contribution is 5.89. The van der Waals surface area contributed by atoms with Gasteiger partial charge in [-0.3, -0.25) is 4.90 Å². The summed E-state index contributed by atoms with van der Waals surface area (Å²) < 4.78 is 11.1. The molecule has 0 aliphatic carbocycles. The Morgan fingerprint density at radius 1 is 1.09 bits per heavy atom. The van der Waals surface area contributed by atoms with Crippen LogP contribution in [0, 0.1) is 0 Å². The van der Waals surface area contributed by atoms with Gasteiger partial charge in [-0.05, 0) is 31.5 Å². The van der Waals surface area contributed by atoms with E-state index in [-0.39, 0.29) is 6.03 Å². The number of urea groups is 1. The van der Waals surface area contributed by atoms with Gasteiger partial charge in [0, 0.05) is 37.4 Å². The number of hydrogen-bond donors (Lipinski definition) is 1. The summed E-state index contributed by atoms with van der Waals surface area (Å²) in [6.07, 6.45) is 3.77. The van der Waals surface area contributed by atoms with Gasteiger partial charge < -0.3 is 19.7 Å². The van der Waals surface area contributed by atoms with Crippen LogP contribution in [0.3, 0.4) is 0 Å². The molecule has 6 nitrogen and oxygen atoms in total. The minimum atomic E-state index is -0.0214. The number of fused-ring (bicyclic) bond motifs is 2. The Bertz CT molecular complexity index is 592. The number of nitrogens with zero attached hydrogens (tertiary/aromatic N) is 2. The SMILES string of the molecule is O=C(Nc1ccc2c(c1)OCCO2)N1CCN2CCCC[C@H]2C1. The normalized spacial score (nSPS) is 24.0. The summed E-state index contributed by atoms with van der Waals surface area (Å²) >= 11 is 0. The van der Waals surface area contributed by atoms with E-state index in [2.05, 4.69) is 10.2 Å². The second kappa shape index (κ2) is 6.28. The third-order valence-electron chi connectivity index (χ3n) is 4.92. The van der Waals surface area contributed by atoms with Crippen molar-refractivity contribution >= 4 is 11.7 Å². The highest BCUT2D eigenvalue weighted by Gasteiger charge is 2.31. The van der Waals surface area contributed by atoms with Gasteiger partial charge in [0.05, 0.1) is 0 Å². The van der Waals surface area contributed by atoms with Crippen molar-refractivity contribution in [3.8, 4) is 11.5 Å². The number of benzene rings is 1. The number of hydrogen-bond acceptors (Lipinski definition) is 4. The topological polar surface area (TPSA) is 54.0 Å². The summed E-state index contributed by atoms with van der Waals surface area (Å²) in [5.41, 5.74) is 0.755. The minimum absolute atomic E-state index is 0.0214. The molecule has 1 aromatic carbocycles. The van der Waals surface area contributed by atoms with Crippen molar-refractivity contribution in [3.05, 3.63) is 18.2 Å². The maximum atomic E-state index is 12.5. The van der Waals surface area contributed by atoms with Crippen molar-refractivity contribution in [2.75, 3.05) is 44.7 Å². The van der Waals surface area contributed by atoms with Crippen LogP contribution in [0.25, 0.3) is 0 Å². The zero-order chi connectivity index (χ0) is 15.6. The summed E-state index contributed by atoms with van der Waals surface area (Å²) in [5, 5.41) is 2.99. The van der Waals surface area contributed by atoms with Gasteiger partial charge >= 0.3 is 6.03 Å². The van der Waals surface area contributed by atoms with Gasteiger partial charge in [-0.25, -0.2) is 4.79 Å². The molecule has 0 unspecified atom stereocenters. The molecule has 4 rings (SSSR count). The first kappa shape index (κ1) is 14.6. The summed E-state index contributed by atoms with van der Waals surface area (Å²) in [5.74, 6) is 1.44. The number of amides is 2. The zero-order valence-electron chi connectivity index (χ0n) is 13.3. The molecule has 0 aromatic heterocycles. The predicted octanol–water partition coefficient (Wildman–Crippen LogP) is 2.16. The van der Waals surface area contributed by atoms with Crippen molar-refractivity contribution in [1.82, 2.24) is 9.80 Å². The van der Waals surface area contributed by atoms with Gasteiger partial charge in [0.1, 0.15) is 13.2 Å². The molecule has 3 aliphatic rings. The Morgan fingerprint density at radius 3 is 2.87 bits per heavy atom. The van der Waals surface area contributed by atoms with Gasteiger partial charge in [0.15, 0.2) is 11.5 Å². The summed E-state index contributed by atoms with van der Waals surface area (Å²) in [4.78, 5) is 17.0. The molecule has 2 saturated heterocycles. The van der Waals surface area contributed by atoms with Crippen LogP contribution in [-0.2, 0) is 0 Å². The van der Waals surface area contributed by atoms with E-state index in [0.717, 1.165) is 31.1 Å². The lowest BCUT2D eigenvalue weighted by Crippen LogP contribution is -2.56. The highest BCUT2D eigenvalue weighted by Crippen LogP contribution is 2.32. The van der Waals surface area contributed by atoms with Gasteiger partial charge in [-0.1, -0.05) is 6.42 Å². The lowest BCUT2D eigenvalue weighted by atomic mass is 10.00. The number of piperidine rings is 1. The molecule has 1 atom stereocenters. The van der Waals surface area contributed by atoms with Crippen LogP contribution in [-0.4, -0.2) is 61.3 Å². The second-order valence-corrected chi connectivity index (χ2v) is 6.42. The predicted molar refractivity (Wildman–Crippen MR) is 87.2 cm³/mol. The molecule has 0 spiro atoms. The summed E-state index contributed by atoms with van der Waals surface area (Å²) in [6, 6.07) is 6.06. The minimum Gasteiger partial charge on any atom is -0.486 e. The van der Waals surface area contributed by atoms with E-state index in [9.17, 15) is 4.79 Å². The Labute approximate surface area is 136 Å². The van der Waals surface area contributed by atoms with Crippen molar-refractivity contribution in [2.24, 2.45) is 0 Å². The molecule has 2 fully saturated rings. The second-order valence-electron chi connectivity index (χ2n) is 6.42. The Morgan fingerprint density at radius 2 is 1.96 bits per heavy atom. The van der Waals surface area contributed by atoms with Crippen LogP contribution in [0.5, 0.6) is 11.5 Å². The molecule has 1 N–H and O–H groups in total. The van der Waals surface area contributed by atoms with E-state index in [4.69, 9.17) is 9.47 Å². The molecule has 3 aliphatic heterocycles. The molecule has 2 amide bonds. The molecular formula is C17H23N3O3. The van der Waals surface area contributed by atoms with Crippen LogP contribution in [0.2, 0.25) is 0 Å². The van der Waals surface area contributed by atoms with Gasteiger partial charge in [-0.2, -0.15) is 0 Å².